The van der Waals surface area contributed by atoms with Gasteiger partial charge in [0.05, 0.1) is 20.3 Å². The van der Waals surface area contributed by atoms with Gasteiger partial charge in [0.15, 0.2) is 18.1 Å². The van der Waals surface area contributed by atoms with Crippen LogP contribution in [0.15, 0.2) is 18.2 Å². The summed E-state index contributed by atoms with van der Waals surface area (Å²) in [6.07, 6.45) is 3.37. The first-order valence-corrected chi connectivity index (χ1v) is 10.5. The van der Waals surface area contributed by atoms with E-state index in [0.717, 1.165) is 12.8 Å². The van der Waals surface area contributed by atoms with Gasteiger partial charge in [-0.15, -0.1) is 0 Å². The van der Waals surface area contributed by atoms with Crippen LogP contribution in [0.3, 0.4) is 0 Å². The Hall–Kier alpha value is -2.28. The standard InChI is InChI=1S/C22H32N2O5/c1-15-5-4-6-18(16(15)2)23-22(26)17-7-8-19(20(13-17)27-3)29-14-21(25)24-9-11-28-12-10-24/h7-8,13,15-16,18H,4-6,9-12,14H2,1-3H3,(H,23,26)/t15-,16-,18+/m1/s1. The molecule has 1 N–H and O–H groups in total. The van der Waals surface area contributed by atoms with Crippen molar-refractivity contribution in [2.45, 2.75) is 39.2 Å². The first-order valence-electron chi connectivity index (χ1n) is 10.5. The number of hydrogen-bond acceptors (Lipinski definition) is 5. The van der Waals surface area contributed by atoms with Crippen LogP contribution in [0.25, 0.3) is 0 Å². The lowest BCUT2D eigenvalue weighted by Gasteiger charge is -2.34. The Kier molecular flexibility index (Phi) is 7.36. The second kappa shape index (κ2) is 9.96. The lowest BCUT2D eigenvalue weighted by molar-refractivity contribution is -0.137. The number of nitrogens with zero attached hydrogens (tertiary/aromatic N) is 1. The molecule has 0 radical (unpaired) electrons. The smallest absolute Gasteiger partial charge is 0.260 e. The Balaban J connectivity index is 1.60. The Morgan fingerprint density at radius 3 is 2.66 bits per heavy atom. The van der Waals surface area contributed by atoms with E-state index in [9.17, 15) is 9.59 Å². The highest BCUT2D eigenvalue weighted by molar-refractivity contribution is 5.95. The molecule has 1 aromatic carbocycles. The van der Waals surface area contributed by atoms with Gasteiger partial charge in [0, 0.05) is 24.7 Å². The molecule has 3 atom stereocenters. The van der Waals surface area contributed by atoms with Gasteiger partial charge in [-0.1, -0.05) is 26.7 Å². The van der Waals surface area contributed by atoms with Crippen molar-refractivity contribution in [3.8, 4) is 11.5 Å². The van der Waals surface area contributed by atoms with Gasteiger partial charge in [-0.05, 0) is 36.5 Å². The predicted octanol–water partition coefficient (Wildman–Crippen LogP) is 2.49. The van der Waals surface area contributed by atoms with E-state index in [2.05, 4.69) is 19.2 Å². The van der Waals surface area contributed by atoms with Gasteiger partial charge >= 0.3 is 0 Å². The van der Waals surface area contributed by atoms with Gasteiger partial charge in [-0.3, -0.25) is 9.59 Å². The normalized spacial score (nSPS) is 24.7. The average Bonchev–Trinajstić information content (AvgIpc) is 2.75. The summed E-state index contributed by atoms with van der Waals surface area (Å²) in [5.74, 6) is 1.78. The van der Waals surface area contributed by atoms with E-state index in [4.69, 9.17) is 14.2 Å². The number of morpholine rings is 1. The van der Waals surface area contributed by atoms with Gasteiger partial charge in [0.25, 0.3) is 11.8 Å². The molecule has 0 unspecified atom stereocenters. The van der Waals surface area contributed by atoms with E-state index in [1.807, 2.05) is 0 Å². The summed E-state index contributed by atoms with van der Waals surface area (Å²) >= 11 is 0. The van der Waals surface area contributed by atoms with Crippen LogP contribution in [-0.4, -0.2) is 62.8 Å². The third-order valence-corrected chi connectivity index (χ3v) is 6.16. The van der Waals surface area contributed by atoms with E-state index in [1.54, 1.807) is 23.1 Å². The molecule has 2 aliphatic rings. The molecule has 0 aromatic heterocycles. The molecule has 1 aromatic rings. The highest BCUT2D eigenvalue weighted by Crippen LogP contribution is 2.31. The highest BCUT2D eigenvalue weighted by atomic mass is 16.5. The van der Waals surface area contributed by atoms with Gasteiger partial charge < -0.3 is 24.4 Å². The average molecular weight is 405 g/mol. The second-order valence-corrected chi connectivity index (χ2v) is 7.99. The zero-order valence-electron chi connectivity index (χ0n) is 17.6. The maximum atomic E-state index is 12.7. The van der Waals surface area contributed by atoms with Gasteiger partial charge in [0.1, 0.15) is 0 Å². The fourth-order valence-corrected chi connectivity index (χ4v) is 4.01. The third kappa shape index (κ3) is 5.41. The van der Waals surface area contributed by atoms with Crippen molar-refractivity contribution in [2.24, 2.45) is 11.8 Å². The van der Waals surface area contributed by atoms with E-state index >= 15 is 0 Å². The van der Waals surface area contributed by atoms with Crippen LogP contribution in [0.5, 0.6) is 11.5 Å². The zero-order valence-corrected chi connectivity index (χ0v) is 17.6. The van der Waals surface area contributed by atoms with Crippen molar-refractivity contribution in [3.63, 3.8) is 0 Å². The molecule has 0 bridgehead atoms. The molecule has 7 heteroatoms. The maximum absolute atomic E-state index is 12.7. The molecular formula is C22H32N2O5. The van der Waals surface area contributed by atoms with Crippen LogP contribution in [0.2, 0.25) is 0 Å². The van der Waals surface area contributed by atoms with E-state index in [-0.39, 0.29) is 24.5 Å². The summed E-state index contributed by atoms with van der Waals surface area (Å²) < 4.78 is 16.3. The number of carbonyl (C=O) groups is 2. The van der Waals surface area contributed by atoms with Crippen LogP contribution in [-0.2, 0) is 9.53 Å². The number of hydrogen-bond donors (Lipinski definition) is 1. The molecule has 1 aliphatic carbocycles. The Morgan fingerprint density at radius 1 is 1.17 bits per heavy atom. The first-order chi connectivity index (χ1) is 14.0. The van der Waals surface area contributed by atoms with E-state index < -0.39 is 0 Å². The summed E-state index contributed by atoms with van der Waals surface area (Å²) in [5.41, 5.74) is 0.527. The third-order valence-electron chi connectivity index (χ3n) is 6.16. The van der Waals surface area contributed by atoms with Gasteiger partial charge in [-0.2, -0.15) is 0 Å². The molecule has 1 saturated heterocycles. The SMILES string of the molecule is COc1cc(C(=O)N[C@H]2CCC[C@@H](C)[C@H]2C)ccc1OCC(=O)N1CCOCC1. The molecule has 1 aliphatic heterocycles. The molecule has 7 nitrogen and oxygen atoms in total. The van der Waals surface area contributed by atoms with Crippen molar-refractivity contribution in [1.29, 1.82) is 0 Å². The van der Waals surface area contributed by atoms with Crippen LogP contribution < -0.4 is 14.8 Å². The molecule has 1 saturated carbocycles. The number of nitrogens with one attached hydrogen (secondary N) is 1. The monoisotopic (exact) mass is 404 g/mol. The lowest BCUT2D eigenvalue weighted by Crippen LogP contribution is -2.43. The predicted molar refractivity (Wildman–Crippen MR) is 109 cm³/mol. The highest BCUT2D eigenvalue weighted by Gasteiger charge is 2.28. The van der Waals surface area contributed by atoms with E-state index in [0.29, 0.717) is 55.2 Å². The fraction of sp³-hybridized carbons (Fsp3) is 0.636. The second-order valence-electron chi connectivity index (χ2n) is 7.99. The van der Waals surface area contributed by atoms with E-state index in [1.165, 1.54) is 13.5 Å². The van der Waals surface area contributed by atoms with Crippen molar-refractivity contribution in [1.82, 2.24) is 10.2 Å². The number of carbonyl (C=O) groups excluding carboxylic acids is 2. The molecule has 2 amide bonds. The largest absolute Gasteiger partial charge is 0.493 e. The lowest BCUT2D eigenvalue weighted by atomic mass is 9.78. The minimum Gasteiger partial charge on any atom is -0.493 e. The summed E-state index contributed by atoms with van der Waals surface area (Å²) in [5, 5.41) is 3.17. The zero-order chi connectivity index (χ0) is 20.8. The molecule has 2 fully saturated rings. The number of ether oxygens (including phenoxy) is 3. The molecule has 29 heavy (non-hydrogen) atoms. The Labute approximate surface area is 172 Å². The van der Waals surface area contributed by atoms with Crippen molar-refractivity contribution in [2.75, 3.05) is 40.0 Å². The quantitative estimate of drug-likeness (QED) is 0.788. The number of benzene rings is 1. The summed E-state index contributed by atoms with van der Waals surface area (Å²) in [7, 11) is 1.53. The summed E-state index contributed by atoms with van der Waals surface area (Å²) in [6.45, 7) is 6.65. The van der Waals surface area contributed by atoms with Gasteiger partial charge in [-0.25, -0.2) is 0 Å². The Morgan fingerprint density at radius 2 is 1.93 bits per heavy atom. The van der Waals surface area contributed by atoms with Crippen LogP contribution in [0.4, 0.5) is 0 Å². The van der Waals surface area contributed by atoms with Gasteiger partial charge in [0.2, 0.25) is 0 Å². The maximum Gasteiger partial charge on any atom is 0.260 e. The molecular weight excluding hydrogens is 372 g/mol. The topological polar surface area (TPSA) is 77.1 Å². The van der Waals surface area contributed by atoms with Crippen molar-refractivity contribution >= 4 is 11.8 Å². The van der Waals surface area contributed by atoms with Crippen LogP contribution in [0.1, 0.15) is 43.5 Å². The summed E-state index contributed by atoms with van der Waals surface area (Å²) in [6, 6.07) is 5.26. The van der Waals surface area contributed by atoms with Crippen LogP contribution in [0, 0.1) is 11.8 Å². The minimum absolute atomic E-state index is 0.0701. The van der Waals surface area contributed by atoms with Crippen LogP contribution >= 0.6 is 0 Å². The molecule has 0 spiro atoms. The van der Waals surface area contributed by atoms with Crippen molar-refractivity contribution in [3.05, 3.63) is 23.8 Å². The Bertz CT molecular complexity index is 717. The summed E-state index contributed by atoms with van der Waals surface area (Å²) in [4.78, 5) is 26.7. The fourth-order valence-electron chi connectivity index (χ4n) is 4.01. The number of rotatable bonds is 6. The minimum atomic E-state index is -0.106. The molecule has 160 valence electrons. The number of amides is 2. The molecule has 3 rings (SSSR count). The van der Waals surface area contributed by atoms with Crippen molar-refractivity contribution < 1.29 is 23.8 Å². The first kappa shape index (κ1) is 21.4. The number of methoxy groups -OCH3 is 1. The molecule has 1 heterocycles.